The molecular formula is C11H16F2N2O. The van der Waals surface area contributed by atoms with E-state index in [1.165, 1.54) is 6.07 Å². The lowest BCUT2D eigenvalue weighted by Crippen LogP contribution is -2.24. The molecule has 1 rings (SSSR count). The molecule has 0 bridgehead atoms. The van der Waals surface area contributed by atoms with Gasteiger partial charge in [-0.15, -0.1) is 0 Å². The van der Waals surface area contributed by atoms with Gasteiger partial charge in [-0.05, 0) is 37.2 Å². The highest BCUT2D eigenvalue weighted by Gasteiger charge is 2.10. The van der Waals surface area contributed by atoms with Gasteiger partial charge in [0, 0.05) is 6.54 Å². The van der Waals surface area contributed by atoms with Crippen LogP contribution >= 0.6 is 0 Å². The van der Waals surface area contributed by atoms with Crippen molar-refractivity contribution in [2.45, 2.75) is 12.5 Å². The van der Waals surface area contributed by atoms with E-state index < -0.39 is 17.7 Å². The van der Waals surface area contributed by atoms with Crippen molar-refractivity contribution in [1.29, 1.82) is 0 Å². The second kappa shape index (κ2) is 6.52. The van der Waals surface area contributed by atoms with Gasteiger partial charge in [0.05, 0.1) is 6.10 Å². The summed E-state index contributed by atoms with van der Waals surface area (Å²) in [6.07, 6.45) is -0.0299. The largest absolute Gasteiger partial charge is 0.387 e. The SMILES string of the molecule is NCCCNCC(O)c1ccc(F)c(F)c1. The fourth-order valence-corrected chi connectivity index (χ4v) is 1.30. The number of aliphatic hydroxyl groups is 1. The zero-order valence-corrected chi connectivity index (χ0v) is 8.92. The van der Waals surface area contributed by atoms with Crippen LogP contribution in [0.25, 0.3) is 0 Å². The van der Waals surface area contributed by atoms with E-state index in [0.29, 0.717) is 25.2 Å². The molecule has 3 nitrogen and oxygen atoms in total. The summed E-state index contributed by atoms with van der Waals surface area (Å²) in [6, 6.07) is 3.38. The molecule has 1 aromatic rings. The van der Waals surface area contributed by atoms with E-state index in [1.54, 1.807) is 0 Å². The van der Waals surface area contributed by atoms with Crippen LogP contribution in [0.2, 0.25) is 0 Å². The first-order chi connectivity index (χ1) is 7.65. The van der Waals surface area contributed by atoms with E-state index in [9.17, 15) is 13.9 Å². The van der Waals surface area contributed by atoms with Crippen molar-refractivity contribution < 1.29 is 13.9 Å². The normalized spacial score (nSPS) is 12.8. The highest BCUT2D eigenvalue weighted by molar-refractivity contribution is 5.20. The molecule has 0 aliphatic carbocycles. The Balaban J connectivity index is 2.46. The maximum absolute atomic E-state index is 12.9. The molecule has 1 atom stereocenters. The third kappa shape index (κ3) is 3.84. The minimum atomic E-state index is -0.946. The maximum Gasteiger partial charge on any atom is 0.159 e. The summed E-state index contributed by atoms with van der Waals surface area (Å²) in [6.45, 7) is 1.57. The van der Waals surface area contributed by atoms with Gasteiger partial charge in [-0.1, -0.05) is 6.07 Å². The van der Waals surface area contributed by atoms with Gasteiger partial charge in [0.15, 0.2) is 11.6 Å². The van der Waals surface area contributed by atoms with Crippen LogP contribution in [0.15, 0.2) is 18.2 Å². The van der Waals surface area contributed by atoms with Crippen LogP contribution in [-0.4, -0.2) is 24.7 Å². The Labute approximate surface area is 93.3 Å². The fraction of sp³-hybridized carbons (Fsp3) is 0.455. The van der Waals surface area contributed by atoms with Crippen molar-refractivity contribution in [2.24, 2.45) is 5.73 Å². The Bertz CT molecular complexity index is 334. The molecule has 16 heavy (non-hydrogen) atoms. The Morgan fingerprint density at radius 1 is 1.31 bits per heavy atom. The van der Waals surface area contributed by atoms with Crippen LogP contribution in [0.4, 0.5) is 8.78 Å². The number of hydrogen-bond donors (Lipinski definition) is 3. The minimum Gasteiger partial charge on any atom is -0.387 e. The predicted octanol–water partition coefficient (Wildman–Crippen LogP) is 0.937. The summed E-state index contributed by atoms with van der Waals surface area (Å²) < 4.78 is 25.5. The average Bonchev–Trinajstić information content (AvgIpc) is 2.28. The molecule has 0 radical (unpaired) electrons. The standard InChI is InChI=1S/C11H16F2N2O/c12-9-3-2-8(6-10(9)13)11(16)7-15-5-1-4-14/h2-3,6,11,15-16H,1,4-5,7,14H2. The van der Waals surface area contributed by atoms with Gasteiger partial charge in [-0.3, -0.25) is 0 Å². The number of benzene rings is 1. The van der Waals surface area contributed by atoms with Gasteiger partial charge in [-0.2, -0.15) is 0 Å². The lowest BCUT2D eigenvalue weighted by Gasteiger charge is -2.12. The lowest BCUT2D eigenvalue weighted by atomic mass is 10.1. The van der Waals surface area contributed by atoms with Crippen LogP contribution in [0.3, 0.4) is 0 Å². The van der Waals surface area contributed by atoms with Gasteiger partial charge < -0.3 is 16.2 Å². The number of halogens is 2. The highest BCUT2D eigenvalue weighted by atomic mass is 19.2. The smallest absolute Gasteiger partial charge is 0.159 e. The van der Waals surface area contributed by atoms with Gasteiger partial charge >= 0.3 is 0 Å². The van der Waals surface area contributed by atoms with Crippen LogP contribution in [0.5, 0.6) is 0 Å². The van der Waals surface area contributed by atoms with Crippen LogP contribution in [-0.2, 0) is 0 Å². The molecule has 0 aromatic heterocycles. The summed E-state index contributed by atoms with van der Waals surface area (Å²) in [5, 5.41) is 12.6. The van der Waals surface area contributed by atoms with E-state index in [0.717, 1.165) is 18.6 Å². The number of nitrogens with two attached hydrogens (primary N) is 1. The van der Waals surface area contributed by atoms with Gasteiger partial charge in [0.25, 0.3) is 0 Å². The molecule has 0 heterocycles. The van der Waals surface area contributed by atoms with Crippen molar-refractivity contribution >= 4 is 0 Å². The number of hydrogen-bond acceptors (Lipinski definition) is 3. The zero-order valence-electron chi connectivity index (χ0n) is 8.92. The van der Waals surface area contributed by atoms with E-state index >= 15 is 0 Å². The minimum absolute atomic E-state index is 0.297. The Kier molecular flexibility index (Phi) is 5.31. The third-order valence-corrected chi connectivity index (χ3v) is 2.22. The molecule has 0 fully saturated rings. The Morgan fingerprint density at radius 2 is 2.06 bits per heavy atom. The van der Waals surface area contributed by atoms with E-state index in [-0.39, 0.29) is 0 Å². The molecule has 0 spiro atoms. The summed E-state index contributed by atoms with van der Waals surface area (Å²) in [7, 11) is 0. The Hall–Kier alpha value is -1.04. The molecule has 0 amide bonds. The van der Waals surface area contributed by atoms with Crippen LogP contribution in [0.1, 0.15) is 18.1 Å². The zero-order chi connectivity index (χ0) is 12.0. The Morgan fingerprint density at radius 3 is 2.69 bits per heavy atom. The molecule has 5 heteroatoms. The summed E-state index contributed by atoms with van der Waals surface area (Å²) >= 11 is 0. The summed E-state index contributed by atoms with van der Waals surface area (Å²) in [5.74, 6) is -1.86. The van der Waals surface area contributed by atoms with Gasteiger partial charge in [0.2, 0.25) is 0 Å². The highest BCUT2D eigenvalue weighted by Crippen LogP contribution is 2.15. The molecule has 0 saturated heterocycles. The third-order valence-electron chi connectivity index (χ3n) is 2.22. The van der Waals surface area contributed by atoms with E-state index in [2.05, 4.69) is 5.32 Å². The van der Waals surface area contributed by atoms with E-state index in [1.807, 2.05) is 0 Å². The number of nitrogens with one attached hydrogen (secondary N) is 1. The first-order valence-electron chi connectivity index (χ1n) is 5.19. The monoisotopic (exact) mass is 230 g/mol. The molecule has 90 valence electrons. The topological polar surface area (TPSA) is 58.3 Å². The quantitative estimate of drug-likeness (QED) is 0.637. The van der Waals surface area contributed by atoms with Crippen molar-refractivity contribution in [1.82, 2.24) is 5.32 Å². The summed E-state index contributed by atoms with van der Waals surface area (Å²) in [5.41, 5.74) is 5.66. The van der Waals surface area contributed by atoms with Gasteiger partial charge in [0.1, 0.15) is 0 Å². The summed E-state index contributed by atoms with van der Waals surface area (Å²) in [4.78, 5) is 0. The molecule has 0 saturated carbocycles. The molecule has 1 aromatic carbocycles. The fourth-order valence-electron chi connectivity index (χ4n) is 1.30. The van der Waals surface area contributed by atoms with Crippen LogP contribution in [0, 0.1) is 11.6 Å². The number of rotatable bonds is 6. The molecular weight excluding hydrogens is 214 g/mol. The van der Waals surface area contributed by atoms with Crippen molar-refractivity contribution in [2.75, 3.05) is 19.6 Å². The first kappa shape index (κ1) is 13.0. The molecule has 1 unspecified atom stereocenters. The predicted molar refractivity (Wildman–Crippen MR) is 57.9 cm³/mol. The van der Waals surface area contributed by atoms with Crippen LogP contribution < -0.4 is 11.1 Å². The maximum atomic E-state index is 12.9. The van der Waals surface area contributed by atoms with Gasteiger partial charge in [-0.25, -0.2) is 8.78 Å². The number of aliphatic hydroxyl groups excluding tert-OH is 1. The first-order valence-corrected chi connectivity index (χ1v) is 5.19. The van der Waals surface area contributed by atoms with Crippen molar-refractivity contribution in [3.63, 3.8) is 0 Å². The second-order valence-electron chi connectivity index (χ2n) is 3.54. The molecule has 0 aliphatic rings. The second-order valence-corrected chi connectivity index (χ2v) is 3.54. The molecule has 0 aliphatic heterocycles. The van der Waals surface area contributed by atoms with E-state index in [4.69, 9.17) is 5.73 Å². The van der Waals surface area contributed by atoms with Crippen molar-refractivity contribution in [3.8, 4) is 0 Å². The average molecular weight is 230 g/mol. The molecule has 4 N–H and O–H groups in total. The van der Waals surface area contributed by atoms with Crippen molar-refractivity contribution in [3.05, 3.63) is 35.4 Å². The lowest BCUT2D eigenvalue weighted by molar-refractivity contribution is 0.174.